The molecule has 3 aromatic rings. The zero-order valence-electron chi connectivity index (χ0n) is 12.3. The predicted octanol–water partition coefficient (Wildman–Crippen LogP) is 4.20. The molecule has 0 atom stereocenters. The van der Waals surface area contributed by atoms with Crippen LogP contribution in [0.1, 0.15) is 22.8 Å². The summed E-state index contributed by atoms with van der Waals surface area (Å²) in [4.78, 5) is 12.8. The normalized spacial score (nSPS) is 9.42. The van der Waals surface area contributed by atoms with Crippen molar-refractivity contribution in [2.75, 3.05) is 0 Å². The molecule has 0 aromatic carbocycles. The van der Waals surface area contributed by atoms with Gasteiger partial charge in [0.25, 0.3) is 0 Å². The lowest BCUT2D eigenvalue weighted by Gasteiger charge is -1.93. The molecule has 0 amide bonds. The summed E-state index contributed by atoms with van der Waals surface area (Å²) in [5.74, 6) is 12.0. The third kappa shape index (κ3) is 4.76. The van der Waals surface area contributed by atoms with Crippen molar-refractivity contribution in [1.29, 1.82) is 0 Å². The minimum Gasteiger partial charge on any atom is -0.247 e. The third-order valence-electron chi connectivity index (χ3n) is 2.84. The van der Waals surface area contributed by atoms with Crippen LogP contribution >= 0.6 is 31.9 Å². The molecule has 3 aromatic heterocycles. The van der Waals surface area contributed by atoms with Crippen LogP contribution in [-0.2, 0) is 0 Å². The van der Waals surface area contributed by atoms with Crippen molar-refractivity contribution >= 4 is 31.9 Å². The van der Waals surface area contributed by atoms with Crippen molar-refractivity contribution in [2.45, 2.75) is 0 Å². The molecular formula is C19H9Br2N3. The number of halogens is 2. The molecule has 0 bridgehead atoms. The summed E-state index contributed by atoms with van der Waals surface area (Å²) in [6.45, 7) is 0. The maximum atomic E-state index is 4.42. The van der Waals surface area contributed by atoms with Crippen LogP contribution < -0.4 is 0 Å². The lowest BCUT2D eigenvalue weighted by molar-refractivity contribution is 1.24. The molecule has 0 spiro atoms. The minimum absolute atomic E-state index is 0.648. The Morgan fingerprint density at radius 3 is 1.46 bits per heavy atom. The number of hydrogen-bond acceptors (Lipinski definition) is 3. The molecule has 3 rings (SSSR count). The maximum Gasteiger partial charge on any atom is 0.115 e. The molecular weight excluding hydrogens is 430 g/mol. The SMILES string of the molecule is Brc1ccc(C#Cc2cccc(C#Cc3ccc(Br)cn3)n2)nc1. The minimum atomic E-state index is 0.648. The Morgan fingerprint density at radius 2 is 1.04 bits per heavy atom. The van der Waals surface area contributed by atoms with Crippen molar-refractivity contribution in [2.24, 2.45) is 0 Å². The van der Waals surface area contributed by atoms with Gasteiger partial charge in [-0.05, 0) is 91.9 Å². The highest BCUT2D eigenvalue weighted by Gasteiger charge is 1.94. The van der Waals surface area contributed by atoms with Gasteiger partial charge in [0.1, 0.15) is 22.8 Å². The van der Waals surface area contributed by atoms with Gasteiger partial charge in [-0.15, -0.1) is 0 Å². The fourth-order valence-electron chi connectivity index (χ4n) is 1.73. The van der Waals surface area contributed by atoms with Gasteiger partial charge in [0.05, 0.1) is 0 Å². The van der Waals surface area contributed by atoms with Gasteiger partial charge in [-0.2, -0.15) is 0 Å². The summed E-state index contributed by atoms with van der Waals surface area (Å²) in [5, 5.41) is 0. The van der Waals surface area contributed by atoms with Crippen LogP contribution in [0.4, 0.5) is 0 Å². The topological polar surface area (TPSA) is 38.7 Å². The molecule has 5 heteroatoms. The second kappa shape index (κ2) is 7.88. The largest absolute Gasteiger partial charge is 0.247 e. The highest BCUT2D eigenvalue weighted by Crippen LogP contribution is 2.07. The van der Waals surface area contributed by atoms with Gasteiger partial charge >= 0.3 is 0 Å². The number of nitrogens with zero attached hydrogens (tertiary/aromatic N) is 3. The smallest absolute Gasteiger partial charge is 0.115 e. The zero-order chi connectivity index (χ0) is 16.8. The lowest BCUT2D eigenvalue weighted by atomic mass is 10.2. The average Bonchev–Trinajstić information content (AvgIpc) is 2.61. The van der Waals surface area contributed by atoms with E-state index in [-0.39, 0.29) is 0 Å². The van der Waals surface area contributed by atoms with E-state index < -0.39 is 0 Å². The van der Waals surface area contributed by atoms with Crippen LogP contribution in [0.2, 0.25) is 0 Å². The number of aromatic nitrogens is 3. The molecule has 0 saturated heterocycles. The van der Waals surface area contributed by atoms with Crippen LogP contribution in [0.15, 0.2) is 63.8 Å². The van der Waals surface area contributed by atoms with Crippen molar-refractivity contribution in [3.05, 3.63) is 86.6 Å². The third-order valence-corrected chi connectivity index (χ3v) is 3.78. The quantitative estimate of drug-likeness (QED) is 0.494. The Kier molecular flexibility index (Phi) is 5.38. The Morgan fingerprint density at radius 1 is 0.583 bits per heavy atom. The second-order valence-electron chi connectivity index (χ2n) is 4.63. The van der Waals surface area contributed by atoms with Crippen molar-refractivity contribution < 1.29 is 0 Å². The highest BCUT2D eigenvalue weighted by molar-refractivity contribution is 9.10. The van der Waals surface area contributed by atoms with Crippen molar-refractivity contribution in [3.8, 4) is 23.7 Å². The molecule has 114 valence electrons. The average molecular weight is 439 g/mol. The lowest BCUT2D eigenvalue weighted by Crippen LogP contribution is -1.88. The number of pyridine rings is 3. The summed E-state index contributed by atoms with van der Waals surface area (Å²) in [7, 11) is 0. The van der Waals surface area contributed by atoms with E-state index in [4.69, 9.17) is 0 Å². The van der Waals surface area contributed by atoms with E-state index >= 15 is 0 Å². The van der Waals surface area contributed by atoms with Crippen LogP contribution in [0.25, 0.3) is 0 Å². The summed E-state index contributed by atoms with van der Waals surface area (Å²) in [6.07, 6.45) is 3.43. The molecule has 0 aliphatic heterocycles. The summed E-state index contributed by atoms with van der Waals surface area (Å²) < 4.78 is 1.84. The van der Waals surface area contributed by atoms with Gasteiger partial charge in [0, 0.05) is 21.3 Å². The van der Waals surface area contributed by atoms with E-state index in [1.54, 1.807) is 12.4 Å². The molecule has 24 heavy (non-hydrogen) atoms. The molecule has 0 fully saturated rings. The van der Waals surface area contributed by atoms with Gasteiger partial charge in [0.15, 0.2) is 0 Å². The Bertz CT molecular complexity index is 895. The molecule has 0 aliphatic carbocycles. The first kappa shape index (κ1) is 16.4. The molecule has 3 nitrogen and oxygen atoms in total. The summed E-state index contributed by atoms with van der Waals surface area (Å²) >= 11 is 6.69. The molecule has 0 unspecified atom stereocenters. The Labute approximate surface area is 156 Å². The Balaban J connectivity index is 1.80. The van der Waals surface area contributed by atoms with Crippen LogP contribution in [-0.4, -0.2) is 15.0 Å². The van der Waals surface area contributed by atoms with Crippen LogP contribution in [0.5, 0.6) is 0 Å². The second-order valence-corrected chi connectivity index (χ2v) is 6.46. The van der Waals surface area contributed by atoms with Crippen molar-refractivity contribution in [1.82, 2.24) is 15.0 Å². The number of hydrogen-bond donors (Lipinski definition) is 0. The predicted molar refractivity (Wildman–Crippen MR) is 100 cm³/mol. The first-order valence-electron chi connectivity index (χ1n) is 6.93. The molecule has 0 saturated carbocycles. The van der Waals surface area contributed by atoms with Gasteiger partial charge in [-0.25, -0.2) is 15.0 Å². The highest BCUT2D eigenvalue weighted by atomic mass is 79.9. The summed E-state index contributed by atoms with van der Waals surface area (Å²) in [6, 6.07) is 13.1. The molecule has 0 aliphatic rings. The molecule has 0 radical (unpaired) electrons. The van der Waals surface area contributed by atoms with E-state index in [0.29, 0.717) is 22.8 Å². The molecule has 3 heterocycles. The first-order valence-corrected chi connectivity index (χ1v) is 8.52. The zero-order valence-corrected chi connectivity index (χ0v) is 15.5. The summed E-state index contributed by atoms with van der Waals surface area (Å²) in [5.41, 5.74) is 2.68. The Hall–Kier alpha value is -2.47. The fraction of sp³-hybridized carbons (Fsp3) is 0. The van der Waals surface area contributed by atoms with E-state index in [9.17, 15) is 0 Å². The van der Waals surface area contributed by atoms with Crippen molar-refractivity contribution in [3.63, 3.8) is 0 Å². The van der Waals surface area contributed by atoms with Crippen LogP contribution in [0.3, 0.4) is 0 Å². The molecule has 0 N–H and O–H groups in total. The fourth-order valence-corrected chi connectivity index (χ4v) is 2.20. The van der Waals surface area contributed by atoms with E-state index in [1.165, 1.54) is 0 Å². The number of rotatable bonds is 0. The first-order chi connectivity index (χ1) is 11.7. The van der Waals surface area contributed by atoms with E-state index in [2.05, 4.69) is 70.5 Å². The van der Waals surface area contributed by atoms with Gasteiger partial charge in [-0.1, -0.05) is 6.07 Å². The van der Waals surface area contributed by atoms with Crippen LogP contribution in [0, 0.1) is 23.7 Å². The van der Waals surface area contributed by atoms with Gasteiger partial charge in [-0.3, -0.25) is 0 Å². The standard InChI is InChI=1S/C19H9Br2N3/c20-14-4-6-16(22-12-14)8-10-18-2-1-3-19(24-18)11-9-17-7-5-15(21)13-23-17/h1-7,12-13H. The monoisotopic (exact) mass is 437 g/mol. The van der Waals surface area contributed by atoms with Gasteiger partial charge in [0.2, 0.25) is 0 Å². The maximum absolute atomic E-state index is 4.42. The van der Waals surface area contributed by atoms with Gasteiger partial charge < -0.3 is 0 Å². The van der Waals surface area contributed by atoms with E-state index in [0.717, 1.165) is 8.95 Å². The van der Waals surface area contributed by atoms with E-state index in [1.807, 2.05) is 42.5 Å².